The van der Waals surface area contributed by atoms with Gasteiger partial charge in [0, 0.05) is 5.56 Å². The van der Waals surface area contributed by atoms with Crippen molar-refractivity contribution in [2.24, 2.45) is 0 Å². The van der Waals surface area contributed by atoms with E-state index in [0.717, 1.165) is 5.56 Å². The number of H-pyrrole nitrogens is 1. The first-order chi connectivity index (χ1) is 17.4. The number of aromatic nitrogens is 4. The van der Waals surface area contributed by atoms with Gasteiger partial charge >= 0.3 is 0 Å². The minimum absolute atomic E-state index is 0.0513. The zero-order chi connectivity index (χ0) is 25.8. The first-order valence-electron chi connectivity index (χ1n) is 10.7. The second-order valence-electron chi connectivity index (χ2n) is 7.48. The number of rotatable bonds is 7. The molecule has 0 radical (unpaired) electrons. The molecule has 0 aliphatic carbocycles. The van der Waals surface area contributed by atoms with E-state index in [-0.39, 0.29) is 27.8 Å². The molecule has 2 heterocycles. The summed E-state index contributed by atoms with van der Waals surface area (Å²) in [6.07, 6.45) is 3.12. The third kappa shape index (κ3) is 4.98. The normalized spacial score (nSPS) is 10.6. The number of halogens is 1. The molecular formula is C25H20ClN5O4S. The van der Waals surface area contributed by atoms with E-state index in [1.54, 1.807) is 43.5 Å². The van der Waals surface area contributed by atoms with Gasteiger partial charge in [0.25, 0.3) is 11.1 Å². The van der Waals surface area contributed by atoms with Gasteiger partial charge in [-0.1, -0.05) is 41.1 Å². The highest BCUT2D eigenvalue weighted by atomic mass is 35.5. The van der Waals surface area contributed by atoms with Crippen LogP contribution in [0.1, 0.15) is 18.1 Å². The largest absolute Gasteiger partial charge is 0.490 e. The molecule has 36 heavy (non-hydrogen) atoms. The van der Waals surface area contributed by atoms with Crippen molar-refractivity contribution in [3.05, 3.63) is 85.5 Å². The van der Waals surface area contributed by atoms with Crippen LogP contribution in [0.5, 0.6) is 17.2 Å². The molecule has 0 aliphatic heterocycles. The van der Waals surface area contributed by atoms with Gasteiger partial charge in [0.05, 0.1) is 24.2 Å². The minimum Gasteiger partial charge on any atom is -0.490 e. The van der Waals surface area contributed by atoms with Crippen molar-refractivity contribution in [3.8, 4) is 40.3 Å². The molecule has 0 atom stereocenters. The fraction of sp³-hybridized carbons (Fsp3) is 0.160. The molecule has 4 aromatic rings. The van der Waals surface area contributed by atoms with Crippen molar-refractivity contribution in [1.82, 2.24) is 19.7 Å². The van der Waals surface area contributed by atoms with Crippen LogP contribution in [0.2, 0.25) is 5.02 Å². The molecule has 0 spiro atoms. The lowest BCUT2D eigenvalue weighted by molar-refractivity contribution is 0.321. The number of ether oxygens (including phenoxy) is 2. The highest BCUT2D eigenvalue weighted by Crippen LogP contribution is 2.37. The van der Waals surface area contributed by atoms with Crippen LogP contribution >= 0.6 is 23.4 Å². The summed E-state index contributed by atoms with van der Waals surface area (Å²) >= 11 is 7.60. The Morgan fingerprint density at radius 2 is 1.89 bits per heavy atom. The van der Waals surface area contributed by atoms with Gasteiger partial charge in [0.2, 0.25) is 0 Å². The molecule has 11 heteroatoms. The fourth-order valence-electron chi connectivity index (χ4n) is 3.35. The maximum absolute atomic E-state index is 12.9. The van der Waals surface area contributed by atoms with E-state index < -0.39 is 11.1 Å². The van der Waals surface area contributed by atoms with E-state index >= 15 is 0 Å². The summed E-state index contributed by atoms with van der Waals surface area (Å²) in [6.45, 7) is 4.05. The van der Waals surface area contributed by atoms with Gasteiger partial charge in [-0.2, -0.15) is 15.0 Å². The molecule has 4 rings (SSSR count). The summed E-state index contributed by atoms with van der Waals surface area (Å²) in [6, 6.07) is 14.0. The molecule has 9 nitrogen and oxygen atoms in total. The third-order valence-electron chi connectivity index (χ3n) is 5.11. The van der Waals surface area contributed by atoms with Crippen molar-refractivity contribution >= 4 is 23.4 Å². The number of nitrogens with one attached hydrogen (secondary N) is 1. The van der Waals surface area contributed by atoms with Gasteiger partial charge in [0.1, 0.15) is 11.6 Å². The summed E-state index contributed by atoms with van der Waals surface area (Å²) in [4.78, 5) is 32.1. The molecule has 0 fully saturated rings. The Balaban J connectivity index is 1.74. The monoisotopic (exact) mass is 521 g/mol. The van der Waals surface area contributed by atoms with Crippen molar-refractivity contribution < 1.29 is 9.47 Å². The second kappa shape index (κ2) is 10.7. The fourth-order valence-corrected chi connectivity index (χ4v) is 3.89. The number of hydrogen-bond acceptors (Lipinski definition) is 8. The molecule has 182 valence electrons. The van der Waals surface area contributed by atoms with Gasteiger partial charge in [-0.3, -0.25) is 9.59 Å². The van der Waals surface area contributed by atoms with E-state index in [0.29, 0.717) is 28.8 Å². The number of nitrogens with zero attached hydrogens (tertiary/aromatic N) is 4. The first-order valence-corrected chi connectivity index (χ1v) is 12.3. The van der Waals surface area contributed by atoms with Gasteiger partial charge in [-0.25, -0.2) is 4.98 Å². The highest BCUT2D eigenvalue weighted by molar-refractivity contribution is 7.98. The lowest BCUT2D eigenvalue weighted by Gasteiger charge is -2.14. The van der Waals surface area contributed by atoms with Crippen LogP contribution in [0.15, 0.2) is 63.4 Å². The highest BCUT2D eigenvalue weighted by Gasteiger charge is 2.18. The van der Waals surface area contributed by atoms with E-state index in [2.05, 4.69) is 15.1 Å². The Labute approximate surface area is 215 Å². The lowest BCUT2D eigenvalue weighted by Crippen LogP contribution is -2.21. The van der Waals surface area contributed by atoms with Crippen LogP contribution in [0.3, 0.4) is 0 Å². The van der Waals surface area contributed by atoms with Crippen LogP contribution in [0.25, 0.3) is 16.9 Å². The second-order valence-corrected chi connectivity index (χ2v) is 8.66. The Morgan fingerprint density at radius 3 is 2.56 bits per heavy atom. The van der Waals surface area contributed by atoms with Crippen molar-refractivity contribution in [3.63, 3.8) is 0 Å². The molecule has 2 aromatic carbocycles. The molecule has 0 saturated heterocycles. The van der Waals surface area contributed by atoms with Gasteiger partial charge in [-0.05, 0) is 50.4 Å². The maximum Gasteiger partial charge on any atom is 0.294 e. The molecule has 0 bridgehead atoms. The Bertz CT molecular complexity index is 1590. The SMILES string of the molecule is CCOc1cc(-c2nc(SC)[nH]c(=O)c2C#N)ccc1Oc1cnn(-c2ccc(C)cc2)c(=O)c1Cl. The van der Waals surface area contributed by atoms with Gasteiger partial charge < -0.3 is 14.5 Å². The van der Waals surface area contributed by atoms with E-state index in [9.17, 15) is 14.9 Å². The Kier molecular flexibility index (Phi) is 7.43. The Morgan fingerprint density at radius 1 is 1.14 bits per heavy atom. The third-order valence-corrected chi connectivity index (χ3v) is 6.03. The molecule has 0 unspecified atom stereocenters. The first kappa shape index (κ1) is 25.0. The molecule has 1 N–H and O–H groups in total. The molecule has 0 aliphatic rings. The number of hydrogen-bond donors (Lipinski definition) is 1. The van der Waals surface area contributed by atoms with Crippen LogP contribution in [0, 0.1) is 18.3 Å². The topological polar surface area (TPSA) is 123 Å². The van der Waals surface area contributed by atoms with Gasteiger partial charge in [0.15, 0.2) is 27.4 Å². The molecular weight excluding hydrogens is 502 g/mol. The summed E-state index contributed by atoms with van der Waals surface area (Å²) in [5.74, 6) is 0.631. The minimum atomic E-state index is -0.538. The van der Waals surface area contributed by atoms with Crippen LogP contribution in [0.4, 0.5) is 0 Å². The zero-order valence-corrected chi connectivity index (χ0v) is 21.1. The number of thioether (sulfide) groups is 1. The van der Waals surface area contributed by atoms with Crippen molar-refractivity contribution in [2.45, 2.75) is 19.0 Å². The summed E-state index contributed by atoms with van der Waals surface area (Å²) in [5.41, 5.74) is 1.14. The Hall–Kier alpha value is -4.07. The molecule has 0 saturated carbocycles. The zero-order valence-electron chi connectivity index (χ0n) is 19.5. The molecule has 2 aromatic heterocycles. The summed E-state index contributed by atoms with van der Waals surface area (Å²) < 4.78 is 12.8. The number of nitriles is 1. The maximum atomic E-state index is 12.9. The van der Waals surface area contributed by atoms with Crippen molar-refractivity contribution in [1.29, 1.82) is 5.26 Å². The standard InChI is InChI=1S/C25H20ClN5O4S/c1-4-34-19-11-15(22-17(12-27)23(32)30-25(29-22)36-3)7-10-18(19)35-20-13-28-31(24(33)21(20)26)16-8-5-14(2)6-9-16/h5-11,13H,4H2,1-3H3,(H,29,30,32). The predicted molar refractivity (Wildman–Crippen MR) is 138 cm³/mol. The average Bonchev–Trinajstić information content (AvgIpc) is 2.88. The quantitative estimate of drug-likeness (QED) is 0.273. The van der Waals surface area contributed by atoms with E-state index in [4.69, 9.17) is 21.1 Å². The number of aryl methyl sites for hydroxylation is 1. The van der Waals surface area contributed by atoms with Crippen LogP contribution < -0.4 is 20.6 Å². The van der Waals surface area contributed by atoms with E-state index in [1.807, 2.05) is 25.1 Å². The van der Waals surface area contributed by atoms with Crippen LogP contribution in [-0.2, 0) is 0 Å². The average molecular weight is 522 g/mol. The number of benzene rings is 2. The molecule has 0 amide bonds. The summed E-state index contributed by atoms with van der Waals surface area (Å²) in [5, 5.41) is 13.9. The smallest absolute Gasteiger partial charge is 0.294 e. The van der Waals surface area contributed by atoms with E-state index in [1.165, 1.54) is 22.6 Å². The number of aromatic amines is 1. The summed E-state index contributed by atoms with van der Waals surface area (Å²) in [7, 11) is 0. The van der Waals surface area contributed by atoms with Gasteiger partial charge in [-0.15, -0.1) is 0 Å². The van der Waals surface area contributed by atoms with Crippen molar-refractivity contribution in [2.75, 3.05) is 12.9 Å². The predicted octanol–water partition coefficient (Wildman–Crippen LogP) is 4.73. The van der Waals surface area contributed by atoms with Crippen LogP contribution in [-0.4, -0.2) is 32.6 Å². The lowest BCUT2D eigenvalue weighted by atomic mass is 10.1.